The van der Waals surface area contributed by atoms with Crippen LogP contribution in [0.4, 0.5) is 0 Å². The van der Waals surface area contributed by atoms with Gasteiger partial charge in [0.15, 0.2) is 0 Å². The average molecular weight is 210 g/mol. The van der Waals surface area contributed by atoms with Gasteiger partial charge >= 0.3 is 0 Å². The first kappa shape index (κ1) is 11.4. The fraction of sp³-hybridized carbons (Fsp3) is 1.00. The van der Waals surface area contributed by atoms with E-state index in [4.69, 9.17) is 0 Å². The third-order valence-electron chi connectivity index (χ3n) is 4.61. The fourth-order valence-corrected chi connectivity index (χ4v) is 3.43. The molecule has 0 radical (unpaired) electrons. The Morgan fingerprint density at radius 1 is 1.07 bits per heavy atom. The normalized spacial score (nSPS) is 37.6. The summed E-state index contributed by atoms with van der Waals surface area (Å²) in [5.41, 5.74) is 0. The van der Waals surface area contributed by atoms with E-state index < -0.39 is 0 Å². The van der Waals surface area contributed by atoms with Crippen LogP contribution in [0, 0.1) is 17.8 Å². The summed E-state index contributed by atoms with van der Waals surface area (Å²) in [5.74, 6) is 2.52. The van der Waals surface area contributed by atoms with Gasteiger partial charge in [-0.1, -0.05) is 39.0 Å². The third kappa shape index (κ3) is 2.96. The van der Waals surface area contributed by atoms with E-state index in [0.29, 0.717) is 5.92 Å². The Morgan fingerprint density at radius 2 is 1.87 bits per heavy atom. The number of hydrogen-bond donors (Lipinski definition) is 1. The van der Waals surface area contributed by atoms with Crippen LogP contribution in [-0.4, -0.2) is 11.2 Å². The Balaban J connectivity index is 1.78. The summed E-state index contributed by atoms with van der Waals surface area (Å²) in [4.78, 5) is 0. The van der Waals surface area contributed by atoms with E-state index in [0.717, 1.165) is 18.3 Å². The average Bonchev–Trinajstić information content (AvgIpc) is 2.16. The molecule has 0 aromatic heterocycles. The maximum atomic E-state index is 10.0. The molecule has 0 saturated heterocycles. The topological polar surface area (TPSA) is 20.2 Å². The summed E-state index contributed by atoms with van der Waals surface area (Å²) < 4.78 is 0. The lowest BCUT2D eigenvalue weighted by Crippen LogP contribution is -2.32. The molecule has 88 valence electrons. The van der Waals surface area contributed by atoms with Crippen molar-refractivity contribution >= 4 is 0 Å². The molecular formula is C14H26O. The quantitative estimate of drug-likeness (QED) is 0.749. The summed E-state index contributed by atoms with van der Waals surface area (Å²) in [6, 6.07) is 0. The zero-order valence-corrected chi connectivity index (χ0v) is 10.1. The van der Waals surface area contributed by atoms with Crippen LogP contribution in [0.15, 0.2) is 0 Å². The van der Waals surface area contributed by atoms with Crippen molar-refractivity contribution in [2.24, 2.45) is 17.8 Å². The monoisotopic (exact) mass is 210 g/mol. The van der Waals surface area contributed by atoms with Gasteiger partial charge in [-0.05, 0) is 43.4 Å². The van der Waals surface area contributed by atoms with Crippen LogP contribution < -0.4 is 0 Å². The Kier molecular flexibility index (Phi) is 4.07. The zero-order chi connectivity index (χ0) is 10.7. The van der Waals surface area contributed by atoms with Gasteiger partial charge in [-0.2, -0.15) is 0 Å². The maximum absolute atomic E-state index is 10.0. The van der Waals surface area contributed by atoms with E-state index in [1.165, 1.54) is 51.4 Å². The van der Waals surface area contributed by atoms with Crippen molar-refractivity contribution < 1.29 is 5.11 Å². The molecule has 3 atom stereocenters. The van der Waals surface area contributed by atoms with Crippen LogP contribution in [0.1, 0.15) is 64.7 Å². The van der Waals surface area contributed by atoms with Crippen LogP contribution in [0.2, 0.25) is 0 Å². The number of aliphatic hydroxyl groups is 1. The number of rotatable bonds is 4. The Hall–Kier alpha value is -0.0400. The van der Waals surface area contributed by atoms with Crippen LogP contribution in [0.5, 0.6) is 0 Å². The first-order valence-corrected chi connectivity index (χ1v) is 6.97. The molecule has 0 aromatic rings. The van der Waals surface area contributed by atoms with E-state index in [-0.39, 0.29) is 6.10 Å². The highest BCUT2D eigenvalue weighted by molar-refractivity contribution is 4.83. The molecule has 0 aromatic carbocycles. The maximum Gasteiger partial charge on any atom is 0.0568 e. The van der Waals surface area contributed by atoms with Crippen LogP contribution in [0.3, 0.4) is 0 Å². The highest BCUT2D eigenvalue weighted by Crippen LogP contribution is 2.40. The second kappa shape index (κ2) is 5.34. The van der Waals surface area contributed by atoms with Gasteiger partial charge in [-0.15, -0.1) is 0 Å². The number of aliphatic hydroxyl groups excluding tert-OH is 1. The molecule has 2 saturated carbocycles. The van der Waals surface area contributed by atoms with Crippen molar-refractivity contribution in [3.63, 3.8) is 0 Å². The molecule has 2 rings (SSSR count). The van der Waals surface area contributed by atoms with E-state index in [1.807, 2.05) is 0 Å². The highest BCUT2D eigenvalue weighted by atomic mass is 16.3. The van der Waals surface area contributed by atoms with Crippen molar-refractivity contribution in [2.75, 3.05) is 0 Å². The Bertz CT molecular complexity index is 186. The lowest BCUT2D eigenvalue weighted by atomic mass is 9.70. The van der Waals surface area contributed by atoms with Gasteiger partial charge in [0.25, 0.3) is 0 Å². The van der Waals surface area contributed by atoms with E-state index in [2.05, 4.69) is 6.92 Å². The van der Waals surface area contributed by atoms with E-state index >= 15 is 0 Å². The smallest absolute Gasteiger partial charge is 0.0568 e. The lowest BCUT2D eigenvalue weighted by molar-refractivity contribution is 0.0260. The largest absolute Gasteiger partial charge is 0.393 e. The summed E-state index contributed by atoms with van der Waals surface area (Å²) in [7, 11) is 0. The molecule has 0 amide bonds. The third-order valence-corrected chi connectivity index (χ3v) is 4.61. The van der Waals surface area contributed by atoms with Crippen molar-refractivity contribution in [3.05, 3.63) is 0 Å². The van der Waals surface area contributed by atoms with Crippen molar-refractivity contribution in [2.45, 2.75) is 70.8 Å². The van der Waals surface area contributed by atoms with Gasteiger partial charge in [-0.25, -0.2) is 0 Å². The van der Waals surface area contributed by atoms with E-state index in [1.54, 1.807) is 0 Å². The summed E-state index contributed by atoms with van der Waals surface area (Å²) in [6.45, 7) is 2.28. The zero-order valence-electron chi connectivity index (χ0n) is 10.1. The molecule has 2 aliphatic carbocycles. The molecule has 3 unspecified atom stereocenters. The summed E-state index contributed by atoms with van der Waals surface area (Å²) in [5, 5.41) is 10.0. The van der Waals surface area contributed by atoms with Crippen LogP contribution in [0.25, 0.3) is 0 Å². The first-order chi connectivity index (χ1) is 7.29. The molecule has 15 heavy (non-hydrogen) atoms. The Labute approximate surface area is 94.3 Å². The second-order valence-corrected chi connectivity index (χ2v) is 5.83. The predicted octanol–water partition coefficient (Wildman–Crippen LogP) is 3.75. The lowest BCUT2D eigenvalue weighted by Gasteiger charge is -2.37. The SMILES string of the molecule is CCCC1CCC(O)C(CC2CCC2)C1. The van der Waals surface area contributed by atoms with Crippen molar-refractivity contribution in [1.82, 2.24) is 0 Å². The minimum atomic E-state index is 0.0266. The predicted molar refractivity (Wildman–Crippen MR) is 63.7 cm³/mol. The molecule has 1 heteroatoms. The molecular weight excluding hydrogens is 184 g/mol. The molecule has 0 bridgehead atoms. The van der Waals surface area contributed by atoms with Gasteiger partial charge in [0.2, 0.25) is 0 Å². The van der Waals surface area contributed by atoms with Crippen LogP contribution >= 0.6 is 0 Å². The van der Waals surface area contributed by atoms with E-state index in [9.17, 15) is 5.11 Å². The molecule has 1 N–H and O–H groups in total. The molecule has 0 heterocycles. The van der Waals surface area contributed by atoms with Gasteiger partial charge in [0.05, 0.1) is 6.10 Å². The minimum Gasteiger partial charge on any atom is -0.393 e. The molecule has 1 nitrogen and oxygen atoms in total. The van der Waals surface area contributed by atoms with Gasteiger partial charge in [-0.3, -0.25) is 0 Å². The molecule has 2 aliphatic rings. The summed E-state index contributed by atoms with van der Waals surface area (Å²) in [6.07, 6.45) is 12.0. The van der Waals surface area contributed by atoms with Crippen molar-refractivity contribution in [3.8, 4) is 0 Å². The number of hydrogen-bond acceptors (Lipinski definition) is 1. The first-order valence-electron chi connectivity index (χ1n) is 6.97. The highest BCUT2D eigenvalue weighted by Gasteiger charge is 2.31. The van der Waals surface area contributed by atoms with Crippen LogP contribution in [-0.2, 0) is 0 Å². The molecule has 0 aliphatic heterocycles. The van der Waals surface area contributed by atoms with Gasteiger partial charge < -0.3 is 5.11 Å². The molecule has 2 fully saturated rings. The van der Waals surface area contributed by atoms with Gasteiger partial charge in [0.1, 0.15) is 0 Å². The van der Waals surface area contributed by atoms with Crippen molar-refractivity contribution in [1.29, 1.82) is 0 Å². The fourth-order valence-electron chi connectivity index (χ4n) is 3.43. The molecule has 0 spiro atoms. The van der Waals surface area contributed by atoms with Gasteiger partial charge in [0, 0.05) is 0 Å². The minimum absolute atomic E-state index is 0.0266. The Morgan fingerprint density at radius 3 is 2.47 bits per heavy atom. The standard InChI is InChI=1S/C14H26O/c1-2-4-11-7-8-14(15)13(9-11)10-12-5-3-6-12/h11-15H,2-10H2,1H3. The summed E-state index contributed by atoms with van der Waals surface area (Å²) >= 11 is 0. The second-order valence-electron chi connectivity index (χ2n) is 5.83.